The largest absolute Gasteiger partial charge is 0.486 e. The molecule has 0 fully saturated rings. The fourth-order valence-electron chi connectivity index (χ4n) is 3.39. The molecule has 1 aromatic carbocycles. The summed E-state index contributed by atoms with van der Waals surface area (Å²) in [5, 5.41) is 6.05. The number of ether oxygens (including phenoxy) is 1. The predicted octanol–water partition coefficient (Wildman–Crippen LogP) is 4.23. The van der Waals surface area contributed by atoms with Crippen LogP contribution >= 0.6 is 22.9 Å². The molecule has 0 radical (unpaired) electrons. The number of benzene rings is 1. The standard InChI is InChI=1S/C22H19ClN2O3S/c1-13(26)14-2-3-15(8-14)16-9-17-10-18(28-22(17)19(23)11-16)12-25-20(27)4-5-21-24-6-7-29-21/h2-7,9,11,18H,8,10,12H2,1H3,(H,25,27). The third-order valence-electron chi connectivity index (χ3n) is 4.87. The second kappa shape index (κ2) is 8.35. The van der Waals surface area contributed by atoms with Crippen LogP contribution in [0.1, 0.15) is 29.5 Å². The van der Waals surface area contributed by atoms with E-state index in [2.05, 4.69) is 16.4 Å². The van der Waals surface area contributed by atoms with Crippen molar-refractivity contribution in [3.63, 3.8) is 0 Å². The van der Waals surface area contributed by atoms with E-state index in [0.717, 1.165) is 27.3 Å². The maximum atomic E-state index is 12.0. The molecule has 1 aliphatic carbocycles. The molecule has 29 heavy (non-hydrogen) atoms. The van der Waals surface area contributed by atoms with Crippen molar-refractivity contribution in [2.75, 3.05) is 6.54 Å². The first-order chi connectivity index (χ1) is 14.0. The van der Waals surface area contributed by atoms with E-state index < -0.39 is 0 Å². The molecule has 1 atom stereocenters. The number of allylic oxidation sites excluding steroid dienone is 4. The van der Waals surface area contributed by atoms with Crippen LogP contribution in [0.2, 0.25) is 5.02 Å². The number of ketones is 1. The molecular weight excluding hydrogens is 408 g/mol. The summed E-state index contributed by atoms with van der Waals surface area (Å²) >= 11 is 7.92. The molecule has 1 aliphatic heterocycles. The lowest BCUT2D eigenvalue weighted by atomic mass is 9.98. The summed E-state index contributed by atoms with van der Waals surface area (Å²) in [6.07, 6.45) is 9.81. The van der Waals surface area contributed by atoms with Crippen molar-refractivity contribution in [3.05, 3.63) is 68.7 Å². The van der Waals surface area contributed by atoms with Crippen LogP contribution in [0.4, 0.5) is 0 Å². The van der Waals surface area contributed by atoms with E-state index >= 15 is 0 Å². The van der Waals surface area contributed by atoms with E-state index in [1.165, 1.54) is 17.4 Å². The van der Waals surface area contributed by atoms with Crippen molar-refractivity contribution in [1.82, 2.24) is 10.3 Å². The molecule has 0 spiro atoms. The third-order valence-corrected chi connectivity index (χ3v) is 5.90. The summed E-state index contributed by atoms with van der Waals surface area (Å²) in [5.41, 5.74) is 3.89. The van der Waals surface area contributed by atoms with Crippen LogP contribution in [0.25, 0.3) is 11.6 Å². The Bertz CT molecular complexity index is 1050. The van der Waals surface area contributed by atoms with Gasteiger partial charge in [-0.3, -0.25) is 9.59 Å². The first kappa shape index (κ1) is 19.6. The van der Waals surface area contributed by atoms with Crippen molar-refractivity contribution < 1.29 is 14.3 Å². The zero-order valence-electron chi connectivity index (χ0n) is 15.8. The topological polar surface area (TPSA) is 68.3 Å². The van der Waals surface area contributed by atoms with E-state index in [0.29, 0.717) is 30.2 Å². The zero-order valence-corrected chi connectivity index (χ0v) is 17.3. The highest BCUT2D eigenvalue weighted by Gasteiger charge is 2.27. The van der Waals surface area contributed by atoms with Gasteiger partial charge in [-0.2, -0.15) is 0 Å². The molecule has 4 rings (SSSR count). The normalized spacial score (nSPS) is 17.7. The van der Waals surface area contributed by atoms with Gasteiger partial charge in [-0.1, -0.05) is 23.8 Å². The molecule has 0 saturated carbocycles. The van der Waals surface area contributed by atoms with Gasteiger partial charge in [0.2, 0.25) is 5.91 Å². The second-order valence-electron chi connectivity index (χ2n) is 6.96. The lowest BCUT2D eigenvalue weighted by Crippen LogP contribution is -2.33. The molecule has 1 N–H and O–H groups in total. The van der Waals surface area contributed by atoms with E-state index in [1.807, 2.05) is 23.6 Å². The second-order valence-corrected chi connectivity index (χ2v) is 8.29. The average Bonchev–Trinajstić information content (AvgIpc) is 3.44. The Labute approximate surface area is 177 Å². The Balaban J connectivity index is 1.36. The highest BCUT2D eigenvalue weighted by atomic mass is 35.5. The number of hydrogen-bond donors (Lipinski definition) is 1. The molecular formula is C22H19ClN2O3S. The van der Waals surface area contributed by atoms with E-state index in [9.17, 15) is 9.59 Å². The molecule has 2 aromatic rings. The van der Waals surface area contributed by atoms with Crippen molar-refractivity contribution in [3.8, 4) is 5.75 Å². The van der Waals surface area contributed by atoms with Crippen molar-refractivity contribution >= 4 is 46.3 Å². The van der Waals surface area contributed by atoms with Gasteiger partial charge in [0, 0.05) is 36.1 Å². The lowest BCUT2D eigenvalue weighted by Gasteiger charge is -2.11. The molecule has 1 amide bonds. The van der Waals surface area contributed by atoms with Crippen LogP contribution in [-0.4, -0.2) is 29.3 Å². The summed E-state index contributed by atoms with van der Waals surface area (Å²) < 4.78 is 5.95. The van der Waals surface area contributed by atoms with Crippen LogP contribution < -0.4 is 10.1 Å². The van der Waals surface area contributed by atoms with Crippen LogP contribution in [0.3, 0.4) is 0 Å². The molecule has 1 unspecified atom stereocenters. The fraction of sp³-hybridized carbons (Fsp3) is 0.227. The molecule has 2 heterocycles. The molecule has 1 aromatic heterocycles. The lowest BCUT2D eigenvalue weighted by molar-refractivity contribution is -0.116. The Morgan fingerprint density at radius 1 is 1.38 bits per heavy atom. The van der Waals surface area contributed by atoms with Crippen molar-refractivity contribution in [2.45, 2.75) is 25.9 Å². The third kappa shape index (κ3) is 4.49. The van der Waals surface area contributed by atoms with Crippen LogP contribution in [-0.2, 0) is 16.0 Å². The number of rotatable bonds is 6. The highest BCUT2D eigenvalue weighted by molar-refractivity contribution is 7.10. The van der Waals surface area contributed by atoms with Gasteiger partial charge >= 0.3 is 0 Å². The first-order valence-corrected chi connectivity index (χ1v) is 10.5. The SMILES string of the molecule is CC(=O)C1=CC=C(c2cc(Cl)c3c(c2)CC(CNC(=O)C=Cc2nccs2)O3)C1. The smallest absolute Gasteiger partial charge is 0.244 e. The van der Waals surface area contributed by atoms with Gasteiger partial charge in [-0.05, 0) is 41.8 Å². The number of carbonyl (C=O) groups is 2. The number of amides is 1. The van der Waals surface area contributed by atoms with Gasteiger partial charge in [0.1, 0.15) is 16.9 Å². The highest BCUT2D eigenvalue weighted by Crippen LogP contribution is 2.40. The number of nitrogens with zero attached hydrogens (tertiary/aromatic N) is 1. The number of hydrogen-bond acceptors (Lipinski definition) is 5. The first-order valence-electron chi connectivity index (χ1n) is 9.25. The summed E-state index contributed by atoms with van der Waals surface area (Å²) in [5.74, 6) is 0.573. The van der Waals surface area contributed by atoms with Crippen LogP contribution in [0.5, 0.6) is 5.75 Å². The Hall–Kier alpha value is -2.70. The zero-order chi connectivity index (χ0) is 20.4. The number of Topliss-reactive ketones (excluding diaryl/α,β-unsaturated/α-hetero) is 1. The van der Waals surface area contributed by atoms with E-state index in [1.54, 1.807) is 19.2 Å². The van der Waals surface area contributed by atoms with Crippen LogP contribution in [0, 0.1) is 0 Å². The Kier molecular flexibility index (Phi) is 5.65. The van der Waals surface area contributed by atoms with E-state index in [-0.39, 0.29) is 17.8 Å². The summed E-state index contributed by atoms with van der Waals surface area (Å²) in [4.78, 5) is 27.7. The molecule has 0 saturated heterocycles. The monoisotopic (exact) mass is 426 g/mol. The minimum absolute atomic E-state index is 0.0894. The number of thiazole rings is 1. The Morgan fingerprint density at radius 3 is 2.97 bits per heavy atom. The average molecular weight is 427 g/mol. The van der Waals surface area contributed by atoms with Gasteiger partial charge in [-0.25, -0.2) is 4.98 Å². The maximum Gasteiger partial charge on any atom is 0.244 e. The summed E-state index contributed by atoms with van der Waals surface area (Å²) in [6.45, 7) is 1.97. The van der Waals surface area contributed by atoms with Gasteiger partial charge in [-0.15, -0.1) is 11.3 Å². The number of carbonyl (C=O) groups excluding carboxylic acids is 2. The van der Waals surface area contributed by atoms with Crippen LogP contribution in [0.15, 0.2) is 47.5 Å². The molecule has 2 aliphatic rings. The van der Waals surface area contributed by atoms with Gasteiger partial charge in [0.25, 0.3) is 0 Å². The van der Waals surface area contributed by atoms with Gasteiger partial charge < -0.3 is 10.1 Å². The number of nitrogens with one attached hydrogen (secondary N) is 1. The number of halogens is 1. The van der Waals surface area contributed by atoms with Gasteiger partial charge in [0.15, 0.2) is 5.78 Å². The summed E-state index contributed by atoms with van der Waals surface area (Å²) in [6, 6.07) is 3.94. The molecule has 7 heteroatoms. The minimum atomic E-state index is -0.189. The molecule has 148 valence electrons. The minimum Gasteiger partial charge on any atom is -0.486 e. The predicted molar refractivity (Wildman–Crippen MR) is 115 cm³/mol. The quantitative estimate of drug-likeness (QED) is 0.702. The summed E-state index contributed by atoms with van der Waals surface area (Å²) in [7, 11) is 0. The van der Waals surface area contributed by atoms with Gasteiger partial charge in [0.05, 0.1) is 11.6 Å². The fourth-order valence-corrected chi connectivity index (χ4v) is 4.20. The van der Waals surface area contributed by atoms with Crippen molar-refractivity contribution in [2.24, 2.45) is 0 Å². The van der Waals surface area contributed by atoms with E-state index in [4.69, 9.17) is 16.3 Å². The molecule has 0 bridgehead atoms. The Morgan fingerprint density at radius 2 is 2.24 bits per heavy atom. The number of aromatic nitrogens is 1. The van der Waals surface area contributed by atoms with Crippen molar-refractivity contribution in [1.29, 1.82) is 0 Å². The number of fused-ring (bicyclic) bond motifs is 1. The molecule has 5 nitrogen and oxygen atoms in total. The maximum absolute atomic E-state index is 12.0.